The highest BCUT2D eigenvalue weighted by atomic mass is 35.5. The van der Waals surface area contributed by atoms with E-state index in [1.54, 1.807) is 0 Å². The predicted molar refractivity (Wildman–Crippen MR) is 60.0 cm³/mol. The molecule has 1 aromatic rings. The number of piperidine rings is 1. The first-order valence-electron chi connectivity index (χ1n) is 5.44. The number of halogens is 1. The van der Waals surface area contributed by atoms with Crippen molar-refractivity contribution in [1.82, 2.24) is 4.90 Å². The molecule has 2 aliphatic heterocycles. The smallest absolute Gasteiger partial charge is 0.0969 e. The first kappa shape index (κ1) is 9.64. The van der Waals surface area contributed by atoms with Crippen molar-refractivity contribution in [2.24, 2.45) is 0 Å². The molecule has 2 heterocycles. The fourth-order valence-electron chi connectivity index (χ4n) is 2.26. The Hall–Kier alpha value is -0.570. The molecule has 0 aliphatic carbocycles. The van der Waals surface area contributed by atoms with Crippen LogP contribution in [-0.4, -0.2) is 30.2 Å². The lowest BCUT2D eigenvalue weighted by Gasteiger charge is -2.24. The van der Waals surface area contributed by atoms with Gasteiger partial charge in [0.1, 0.15) is 0 Å². The van der Waals surface area contributed by atoms with Gasteiger partial charge in [0.25, 0.3) is 0 Å². The number of benzene rings is 1. The third kappa shape index (κ3) is 2.03. The van der Waals surface area contributed by atoms with Gasteiger partial charge >= 0.3 is 0 Å². The summed E-state index contributed by atoms with van der Waals surface area (Å²) < 4.78 is 5.50. The SMILES string of the molecule is Clc1ccccc1CN1CC[C@H]2O[C@@H]2C1. The third-order valence-corrected chi connectivity index (χ3v) is 3.58. The van der Waals surface area contributed by atoms with Crippen molar-refractivity contribution in [1.29, 1.82) is 0 Å². The van der Waals surface area contributed by atoms with Gasteiger partial charge in [-0.1, -0.05) is 29.8 Å². The van der Waals surface area contributed by atoms with E-state index >= 15 is 0 Å². The molecule has 2 saturated heterocycles. The van der Waals surface area contributed by atoms with Crippen molar-refractivity contribution in [3.8, 4) is 0 Å². The average molecular weight is 224 g/mol. The second kappa shape index (κ2) is 3.78. The number of rotatable bonds is 2. The predicted octanol–water partition coefficient (Wildman–Crippen LogP) is 2.31. The summed E-state index contributed by atoms with van der Waals surface area (Å²) in [5.41, 5.74) is 1.22. The summed E-state index contributed by atoms with van der Waals surface area (Å²) in [5, 5.41) is 0.872. The quantitative estimate of drug-likeness (QED) is 0.716. The van der Waals surface area contributed by atoms with Crippen molar-refractivity contribution in [2.45, 2.75) is 25.2 Å². The normalized spacial score (nSPS) is 29.9. The number of hydrogen-bond donors (Lipinski definition) is 0. The Morgan fingerprint density at radius 2 is 2.20 bits per heavy atom. The van der Waals surface area contributed by atoms with Crippen LogP contribution in [0.15, 0.2) is 24.3 Å². The molecule has 2 fully saturated rings. The fourth-order valence-corrected chi connectivity index (χ4v) is 2.46. The molecule has 0 amide bonds. The van der Waals surface area contributed by atoms with E-state index in [1.807, 2.05) is 18.2 Å². The van der Waals surface area contributed by atoms with E-state index in [9.17, 15) is 0 Å². The van der Waals surface area contributed by atoms with E-state index in [-0.39, 0.29) is 0 Å². The molecular formula is C12H14ClNO. The van der Waals surface area contributed by atoms with Gasteiger partial charge in [0.2, 0.25) is 0 Å². The van der Waals surface area contributed by atoms with Gasteiger partial charge in [-0.3, -0.25) is 4.90 Å². The van der Waals surface area contributed by atoms with Gasteiger partial charge in [0, 0.05) is 24.7 Å². The number of nitrogens with zero attached hydrogens (tertiary/aromatic N) is 1. The Morgan fingerprint density at radius 1 is 1.33 bits per heavy atom. The molecule has 0 spiro atoms. The lowest BCUT2D eigenvalue weighted by Crippen LogP contribution is -2.34. The molecular weight excluding hydrogens is 210 g/mol. The van der Waals surface area contributed by atoms with Crippen molar-refractivity contribution < 1.29 is 4.74 Å². The highest BCUT2D eigenvalue weighted by Gasteiger charge is 2.43. The van der Waals surface area contributed by atoms with Crippen LogP contribution in [0.5, 0.6) is 0 Å². The van der Waals surface area contributed by atoms with Gasteiger partial charge in [0.15, 0.2) is 0 Å². The number of fused-ring (bicyclic) bond motifs is 1. The van der Waals surface area contributed by atoms with E-state index < -0.39 is 0 Å². The molecule has 0 radical (unpaired) electrons. The van der Waals surface area contributed by atoms with E-state index in [4.69, 9.17) is 16.3 Å². The molecule has 3 rings (SSSR count). The van der Waals surface area contributed by atoms with E-state index in [0.717, 1.165) is 24.7 Å². The maximum Gasteiger partial charge on any atom is 0.0969 e. The molecule has 1 aromatic carbocycles. The highest BCUT2D eigenvalue weighted by molar-refractivity contribution is 6.31. The van der Waals surface area contributed by atoms with E-state index in [0.29, 0.717) is 12.2 Å². The maximum absolute atomic E-state index is 6.13. The monoisotopic (exact) mass is 223 g/mol. The first-order chi connectivity index (χ1) is 7.33. The van der Waals surface area contributed by atoms with Crippen LogP contribution >= 0.6 is 11.6 Å². The summed E-state index contributed by atoms with van der Waals surface area (Å²) in [4.78, 5) is 2.43. The zero-order valence-electron chi connectivity index (χ0n) is 8.53. The summed E-state index contributed by atoms with van der Waals surface area (Å²) in [6.07, 6.45) is 2.24. The van der Waals surface area contributed by atoms with Crippen molar-refractivity contribution in [3.63, 3.8) is 0 Å². The van der Waals surface area contributed by atoms with Crippen LogP contribution in [-0.2, 0) is 11.3 Å². The van der Waals surface area contributed by atoms with Gasteiger partial charge in [-0.25, -0.2) is 0 Å². The van der Waals surface area contributed by atoms with Gasteiger partial charge < -0.3 is 4.74 Å². The second-order valence-electron chi connectivity index (χ2n) is 4.33. The molecule has 80 valence electrons. The maximum atomic E-state index is 6.13. The minimum Gasteiger partial charge on any atom is -0.368 e. The molecule has 15 heavy (non-hydrogen) atoms. The largest absolute Gasteiger partial charge is 0.368 e. The van der Waals surface area contributed by atoms with Crippen LogP contribution in [0, 0.1) is 0 Å². The third-order valence-electron chi connectivity index (χ3n) is 3.21. The molecule has 3 heteroatoms. The van der Waals surface area contributed by atoms with Crippen LogP contribution in [0.4, 0.5) is 0 Å². The van der Waals surface area contributed by atoms with Crippen molar-refractivity contribution in [3.05, 3.63) is 34.9 Å². The Bertz CT molecular complexity index is 368. The second-order valence-corrected chi connectivity index (χ2v) is 4.74. The number of likely N-dealkylation sites (tertiary alicyclic amines) is 1. The number of epoxide rings is 1. The number of ether oxygens (including phenoxy) is 1. The van der Waals surface area contributed by atoms with Crippen molar-refractivity contribution >= 4 is 11.6 Å². The molecule has 0 bridgehead atoms. The van der Waals surface area contributed by atoms with Crippen LogP contribution in [0.25, 0.3) is 0 Å². The zero-order valence-corrected chi connectivity index (χ0v) is 9.28. The Morgan fingerprint density at radius 3 is 3.00 bits per heavy atom. The summed E-state index contributed by atoms with van der Waals surface area (Å²) in [7, 11) is 0. The fraction of sp³-hybridized carbons (Fsp3) is 0.500. The number of hydrogen-bond acceptors (Lipinski definition) is 2. The summed E-state index contributed by atoms with van der Waals surface area (Å²) in [6, 6.07) is 8.07. The lowest BCUT2D eigenvalue weighted by molar-refractivity contribution is 0.237. The topological polar surface area (TPSA) is 15.8 Å². The molecule has 0 saturated carbocycles. The molecule has 0 unspecified atom stereocenters. The first-order valence-corrected chi connectivity index (χ1v) is 5.82. The minimum absolute atomic E-state index is 0.501. The van der Waals surface area contributed by atoms with Crippen LogP contribution in [0.3, 0.4) is 0 Å². The van der Waals surface area contributed by atoms with Gasteiger partial charge in [0.05, 0.1) is 12.2 Å². The van der Waals surface area contributed by atoms with Gasteiger partial charge in [-0.15, -0.1) is 0 Å². The molecule has 2 atom stereocenters. The van der Waals surface area contributed by atoms with E-state index in [2.05, 4.69) is 11.0 Å². The summed E-state index contributed by atoms with van der Waals surface area (Å²) in [6.45, 7) is 3.15. The van der Waals surface area contributed by atoms with Gasteiger partial charge in [-0.05, 0) is 18.1 Å². The van der Waals surface area contributed by atoms with Crippen LogP contribution in [0.1, 0.15) is 12.0 Å². The zero-order chi connectivity index (χ0) is 10.3. The minimum atomic E-state index is 0.501. The summed E-state index contributed by atoms with van der Waals surface area (Å²) in [5.74, 6) is 0. The van der Waals surface area contributed by atoms with Gasteiger partial charge in [-0.2, -0.15) is 0 Å². The van der Waals surface area contributed by atoms with Crippen LogP contribution in [0.2, 0.25) is 5.02 Å². The van der Waals surface area contributed by atoms with Crippen LogP contribution < -0.4 is 0 Å². The lowest BCUT2D eigenvalue weighted by atomic mass is 10.1. The Balaban J connectivity index is 1.67. The van der Waals surface area contributed by atoms with E-state index in [1.165, 1.54) is 12.0 Å². The molecule has 0 N–H and O–H groups in total. The summed E-state index contributed by atoms with van der Waals surface area (Å²) >= 11 is 6.13. The standard InChI is InChI=1S/C12H14ClNO/c13-10-4-2-1-3-9(10)7-14-6-5-11-12(8-14)15-11/h1-4,11-12H,5-8H2/t11-,12-/m1/s1. The molecule has 0 aromatic heterocycles. The highest BCUT2D eigenvalue weighted by Crippen LogP contribution is 2.31. The Labute approximate surface area is 94.8 Å². The molecule has 2 aliphatic rings. The molecule has 2 nitrogen and oxygen atoms in total. The van der Waals surface area contributed by atoms with Crippen molar-refractivity contribution in [2.75, 3.05) is 13.1 Å². The average Bonchev–Trinajstić information content (AvgIpc) is 3.00. The Kier molecular flexibility index (Phi) is 2.43.